The van der Waals surface area contributed by atoms with Crippen LogP contribution in [-0.2, 0) is 14.4 Å². The van der Waals surface area contributed by atoms with Crippen LogP contribution in [0.4, 0.5) is 0 Å². The van der Waals surface area contributed by atoms with Crippen molar-refractivity contribution in [1.82, 2.24) is 4.90 Å². The van der Waals surface area contributed by atoms with Gasteiger partial charge in [0.2, 0.25) is 6.10 Å². The van der Waals surface area contributed by atoms with Crippen molar-refractivity contribution in [3.05, 3.63) is 12.2 Å². The minimum Gasteiger partial charge on any atom is -0.477 e. The maximum absolute atomic E-state index is 11.9. The van der Waals surface area contributed by atoms with Crippen LogP contribution < -0.4 is 0 Å². The van der Waals surface area contributed by atoms with Crippen molar-refractivity contribution in [1.29, 1.82) is 0 Å². The lowest BCUT2D eigenvalue weighted by Crippen LogP contribution is -2.41. The van der Waals surface area contributed by atoms with Crippen LogP contribution in [0.3, 0.4) is 0 Å². The smallest absolute Gasteiger partial charge is 0.353 e. The first-order valence-corrected chi connectivity index (χ1v) is 5.08. The number of carboxylic acids is 1. The van der Waals surface area contributed by atoms with Crippen molar-refractivity contribution in [2.24, 2.45) is 5.16 Å². The fourth-order valence-electron chi connectivity index (χ4n) is 1.68. The van der Waals surface area contributed by atoms with Crippen molar-refractivity contribution >= 4 is 17.6 Å². The number of carbonyl (C=O) groups excluding carboxylic acids is 1. The average molecular weight is 224 g/mol. The molecule has 2 heterocycles. The molecule has 2 aliphatic heterocycles. The summed E-state index contributed by atoms with van der Waals surface area (Å²) in [5.74, 6) is -1.32. The quantitative estimate of drug-likeness (QED) is 0.670. The summed E-state index contributed by atoms with van der Waals surface area (Å²) in [7, 11) is 0. The minimum absolute atomic E-state index is 0.0500. The van der Waals surface area contributed by atoms with E-state index in [-0.39, 0.29) is 18.0 Å². The Morgan fingerprint density at radius 3 is 2.88 bits per heavy atom. The largest absolute Gasteiger partial charge is 0.477 e. The SMILES string of the molecule is O=C(O)C1=NOC(C(=O)N2CC=CCC2)C1. The molecule has 0 bridgehead atoms. The second-order valence-electron chi connectivity index (χ2n) is 3.69. The highest BCUT2D eigenvalue weighted by Crippen LogP contribution is 2.15. The summed E-state index contributed by atoms with van der Waals surface area (Å²) in [5.41, 5.74) is -0.0918. The molecule has 0 saturated heterocycles. The maximum atomic E-state index is 11.9. The van der Waals surface area contributed by atoms with Gasteiger partial charge in [-0.3, -0.25) is 4.79 Å². The Kier molecular flexibility index (Phi) is 2.89. The molecule has 1 amide bonds. The highest BCUT2D eigenvalue weighted by molar-refractivity contribution is 6.36. The number of carbonyl (C=O) groups is 2. The molecule has 16 heavy (non-hydrogen) atoms. The van der Waals surface area contributed by atoms with E-state index >= 15 is 0 Å². The Morgan fingerprint density at radius 1 is 1.50 bits per heavy atom. The number of rotatable bonds is 2. The van der Waals surface area contributed by atoms with Crippen LogP contribution in [0.5, 0.6) is 0 Å². The summed E-state index contributed by atoms with van der Waals surface area (Å²) < 4.78 is 0. The monoisotopic (exact) mass is 224 g/mol. The third-order valence-corrected chi connectivity index (χ3v) is 2.56. The number of hydrogen-bond acceptors (Lipinski definition) is 4. The summed E-state index contributed by atoms with van der Waals surface area (Å²) in [5, 5.41) is 12.1. The van der Waals surface area contributed by atoms with Gasteiger partial charge in [-0.25, -0.2) is 4.79 Å². The Balaban J connectivity index is 1.93. The topological polar surface area (TPSA) is 79.2 Å². The van der Waals surface area contributed by atoms with Crippen molar-refractivity contribution in [2.45, 2.75) is 18.9 Å². The van der Waals surface area contributed by atoms with Gasteiger partial charge in [-0.1, -0.05) is 17.3 Å². The lowest BCUT2D eigenvalue weighted by Gasteiger charge is -2.25. The number of nitrogens with zero attached hydrogens (tertiary/aromatic N) is 2. The number of amides is 1. The molecule has 6 heteroatoms. The van der Waals surface area contributed by atoms with Crippen LogP contribution in [0.15, 0.2) is 17.3 Å². The van der Waals surface area contributed by atoms with Crippen LogP contribution in [-0.4, -0.2) is 46.8 Å². The van der Waals surface area contributed by atoms with E-state index in [1.165, 1.54) is 0 Å². The first-order chi connectivity index (χ1) is 7.68. The molecule has 86 valence electrons. The Bertz CT molecular complexity index is 375. The molecule has 0 aromatic heterocycles. The third kappa shape index (κ3) is 2.05. The molecule has 1 N–H and O–H groups in total. The summed E-state index contributed by atoms with van der Waals surface area (Å²) in [6.07, 6.45) is 4.03. The van der Waals surface area contributed by atoms with Gasteiger partial charge in [0.15, 0.2) is 5.71 Å². The van der Waals surface area contributed by atoms with E-state index in [2.05, 4.69) is 5.16 Å². The van der Waals surface area contributed by atoms with Gasteiger partial charge < -0.3 is 14.8 Å². The lowest BCUT2D eigenvalue weighted by molar-refractivity contribution is -0.141. The second-order valence-corrected chi connectivity index (χ2v) is 3.69. The van der Waals surface area contributed by atoms with E-state index in [1.807, 2.05) is 12.2 Å². The van der Waals surface area contributed by atoms with E-state index in [0.29, 0.717) is 13.1 Å². The Hall–Kier alpha value is -1.85. The molecule has 6 nitrogen and oxygen atoms in total. The predicted octanol–water partition coefficient (Wildman–Crippen LogP) is 0.00440. The zero-order chi connectivity index (χ0) is 11.5. The van der Waals surface area contributed by atoms with Crippen LogP contribution in [0.1, 0.15) is 12.8 Å². The lowest BCUT2D eigenvalue weighted by atomic mass is 10.1. The maximum Gasteiger partial charge on any atom is 0.353 e. The Morgan fingerprint density at radius 2 is 2.31 bits per heavy atom. The first kappa shape index (κ1) is 10.7. The Labute approximate surface area is 92.2 Å². The van der Waals surface area contributed by atoms with E-state index < -0.39 is 12.1 Å². The molecule has 0 saturated carbocycles. The highest BCUT2D eigenvalue weighted by Gasteiger charge is 2.34. The van der Waals surface area contributed by atoms with Crippen LogP contribution in [0.2, 0.25) is 0 Å². The molecule has 0 aromatic rings. The highest BCUT2D eigenvalue weighted by atomic mass is 16.6. The van der Waals surface area contributed by atoms with Gasteiger partial charge in [0.1, 0.15) is 0 Å². The number of hydrogen-bond donors (Lipinski definition) is 1. The molecule has 0 radical (unpaired) electrons. The fraction of sp³-hybridized carbons (Fsp3) is 0.500. The van der Waals surface area contributed by atoms with Gasteiger partial charge in [0.25, 0.3) is 5.91 Å². The van der Waals surface area contributed by atoms with E-state index in [4.69, 9.17) is 9.94 Å². The molecule has 0 aliphatic carbocycles. The zero-order valence-electron chi connectivity index (χ0n) is 8.63. The van der Waals surface area contributed by atoms with Crippen LogP contribution in [0, 0.1) is 0 Å². The van der Waals surface area contributed by atoms with Crippen molar-refractivity contribution < 1.29 is 19.5 Å². The molecule has 0 fully saturated rings. The van der Waals surface area contributed by atoms with E-state index in [1.54, 1.807) is 4.90 Å². The van der Waals surface area contributed by atoms with Gasteiger partial charge in [-0.15, -0.1) is 0 Å². The molecular weight excluding hydrogens is 212 g/mol. The zero-order valence-corrected chi connectivity index (χ0v) is 8.63. The number of carboxylic acid groups (broad SMARTS) is 1. The van der Waals surface area contributed by atoms with Gasteiger partial charge >= 0.3 is 5.97 Å². The third-order valence-electron chi connectivity index (χ3n) is 2.56. The van der Waals surface area contributed by atoms with Crippen molar-refractivity contribution in [3.8, 4) is 0 Å². The van der Waals surface area contributed by atoms with Gasteiger partial charge in [0, 0.05) is 19.5 Å². The number of oxime groups is 1. The molecule has 1 atom stereocenters. The van der Waals surface area contributed by atoms with Crippen LogP contribution >= 0.6 is 0 Å². The molecule has 0 aromatic carbocycles. The molecular formula is C10H12N2O4. The molecule has 1 unspecified atom stereocenters. The van der Waals surface area contributed by atoms with Gasteiger partial charge in [-0.05, 0) is 6.42 Å². The predicted molar refractivity (Wildman–Crippen MR) is 54.9 cm³/mol. The van der Waals surface area contributed by atoms with E-state index in [0.717, 1.165) is 6.42 Å². The van der Waals surface area contributed by atoms with Crippen molar-refractivity contribution in [2.75, 3.05) is 13.1 Å². The molecule has 2 aliphatic rings. The molecule has 0 spiro atoms. The van der Waals surface area contributed by atoms with Gasteiger partial charge in [-0.2, -0.15) is 0 Å². The van der Waals surface area contributed by atoms with Crippen molar-refractivity contribution in [3.63, 3.8) is 0 Å². The standard InChI is InChI=1S/C10H12N2O4/c13-9(12-4-2-1-3-5-12)8-6-7(10(14)15)11-16-8/h1-2,8H,3-6H2,(H,14,15). The van der Waals surface area contributed by atoms with Crippen LogP contribution in [0.25, 0.3) is 0 Å². The summed E-state index contributed by atoms with van der Waals surface area (Å²) in [4.78, 5) is 28.9. The summed E-state index contributed by atoms with van der Waals surface area (Å²) in [6, 6.07) is 0. The molecule has 2 rings (SSSR count). The number of aliphatic carboxylic acids is 1. The van der Waals surface area contributed by atoms with E-state index in [9.17, 15) is 9.59 Å². The average Bonchev–Trinajstić information content (AvgIpc) is 2.78. The van der Waals surface area contributed by atoms with Gasteiger partial charge in [0.05, 0.1) is 0 Å². The summed E-state index contributed by atoms with van der Waals surface area (Å²) >= 11 is 0. The normalized spacial score (nSPS) is 23.9. The minimum atomic E-state index is -1.13. The fourth-order valence-corrected chi connectivity index (χ4v) is 1.68. The first-order valence-electron chi connectivity index (χ1n) is 5.08. The summed E-state index contributed by atoms with van der Waals surface area (Å²) in [6.45, 7) is 1.21. The second kappa shape index (κ2) is 4.34.